The minimum atomic E-state index is 0.195. The van der Waals surface area contributed by atoms with E-state index < -0.39 is 0 Å². The van der Waals surface area contributed by atoms with Crippen LogP contribution in [0, 0.1) is 19.8 Å². The summed E-state index contributed by atoms with van der Waals surface area (Å²) in [6.07, 6.45) is 4.37. The number of amides is 1. The first-order valence-electron chi connectivity index (χ1n) is 10.2. The number of aromatic nitrogens is 2. The molecule has 144 valence electrons. The maximum atomic E-state index is 12.1. The fourth-order valence-corrected chi connectivity index (χ4v) is 4.07. The average molecular weight is 367 g/mol. The second-order valence-electron chi connectivity index (χ2n) is 8.19. The Morgan fingerprint density at radius 1 is 1.19 bits per heavy atom. The van der Waals surface area contributed by atoms with Crippen LogP contribution in [-0.2, 0) is 31.0 Å². The molecule has 0 saturated heterocycles. The zero-order valence-electron chi connectivity index (χ0n) is 16.5. The first kappa shape index (κ1) is 18.2. The van der Waals surface area contributed by atoms with E-state index in [1.165, 1.54) is 28.8 Å². The first-order valence-corrected chi connectivity index (χ1v) is 10.2. The van der Waals surface area contributed by atoms with Crippen LogP contribution in [0.15, 0.2) is 24.3 Å². The van der Waals surface area contributed by atoms with E-state index >= 15 is 0 Å². The summed E-state index contributed by atoms with van der Waals surface area (Å²) in [4.78, 5) is 14.6. The van der Waals surface area contributed by atoms with Crippen LogP contribution in [0.3, 0.4) is 0 Å². The molecule has 1 aliphatic heterocycles. The Hall–Kier alpha value is -2.14. The predicted molar refractivity (Wildman–Crippen MR) is 106 cm³/mol. The topological polar surface area (TPSA) is 50.2 Å². The summed E-state index contributed by atoms with van der Waals surface area (Å²) in [5.74, 6) is 0.430. The van der Waals surface area contributed by atoms with E-state index in [9.17, 15) is 4.79 Å². The lowest BCUT2D eigenvalue weighted by Crippen LogP contribution is -2.34. The highest BCUT2D eigenvalue weighted by molar-refractivity contribution is 5.79. The Balaban J connectivity index is 1.39. The highest BCUT2D eigenvalue weighted by atomic mass is 16.1. The molecule has 0 radical (unpaired) electrons. The van der Waals surface area contributed by atoms with Gasteiger partial charge in [0.15, 0.2) is 0 Å². The monoisotopic (exact) mass is 366 g/mol. The zero-order chi connectivity index (χ0) is 18.8. The van der Waals surface area contributed by atoms with Crippen molar-refractivity contribution >= 4 is 5.91 Å². The van der Waals surface area contributed by atoms with Crippen LogP contribution in [0.2, 0.25) is 0 Å². The molecule has 2 aliphatic rings. The van der Waals surface area contributed by atoms with Crippen molar-refractivity contribution in [2.24, 2.45) is 5.92 Å². The molecule has 1 saturated carbocycles. The van der Waals surface area contributed by atoms with Crippen LogP contribution in [0.5, 0.6) is 0 Å². The Morgan fingerprint density at radius 2 is 2.04 bits per heavy atom. The van der Waals surface area contributed by atoms with E-state index in [0.717, 1.165) is 51.1 Å². The normalized spacial score (nSPS) is 17.9. The highest BCUT2D eigenvalue weighted by Crippen LogP contribution is 2.26. The van der Waals surface area contributed by atoms with Crippen LogP contribution in [-0.4, -0.2) is 27.1 Å². The Morgan fingerprint density at radius 3 is 2.78 bits per heavy atom. The van der Waals surface area contributed by atoms with E-state index in [2.05, 4.69) is 53.0 Å². The number of benzene rings is 1. The average Bonchev–Trinajstić information content (AvgIpc) is 2.86. The summed E-state index contributed by atoms with van der Waals surface area (Å²) in [5, 5.41) is 7.79. The van der Waals surface area contributed by atoms with Crippen molar-refractivity contribution in [2.45, 2.75) is 65.7 Å². The fraction of sp³-hybridized carbons (Fsp3) is 0.545. The number of fused-ring (bicyclic) bond motifs is 1. The van der Waals surface area contributed by atoms with Crippen LogP contribution < -0.4 is 5.32 Å². The molecule has 0 spiro atoms. The number of aryl methyl sites for hydroxylation is 3. The number of carbonyl (C=O) groups is 1. The van der Waals surface area contributed by atoms with E-state index in [1.54, 1.807) is 0 Å². The van der Waals surface area contributed by atoms with Crippen molar-refractivity contribution in [3.63, 3.8) is 0 Å². The molecule has 2 heterocycles. The molecule has 1 fully saturated rings. The molecule has 2 aromatic rings. The van der Waals surface area contributed by atoms with Crippen molar-refractivity contribution in [1.82, 2.24) is 20.0 Å². The van der Waals surface area contributed by atoms with Gasteiger partial charge in [0, 0.05) is 32.1 Å². The van der Waals surface area contributed by atoms with Gasteiger partial charge in [0.1, 0.15) is 0 Å². The summed E-state index contributed by atoms with van der Waals surface area (Å²) in [5.41, 5.74) is 6.32. The number of nitrogens with zero attached hydrogens (tertiary/aromatic N) is 3. The number of rotatable bonds is 5. The largest absolute Gasteiger partial charge is 0.350 e. The number of carbonyl (C=O) groups excluding carboxylic acids is 1. The van der Waals surface area contributed by atoms with Gasteiger partial charge in [-0.15, -0.1) is 0 Å². The summed E-state index contributed by atoms with van der Waals surface area (Å²) in [6.45, 7) is 8.83. The standard InChI is InChI=1S/C22H30N4O/c1-16-7-8-19(17(2)11-16)14-25-9-4-10-26-21(15-25)12-20(24-26)13-23-22(27)18-5-3-6-18/h7-8,11-12,18H,3-6,9-10,13-15H2,1-2H3,(H,23,27). The van der Waals surface area contributed by atoms with Crippen molar-refractivity contribution in [3.05, 3.63) is 52.3 Å². The molecular weight excluding hydrogens is 336 g/mol. The lowest BCUT2D eigenvalue weighted by Gasteiger charge is -2.23. The Kier molecular flexibility index (Phi) is 5.30. The molecular formula is C22H30N4O. The van der Waals surface area contributed by atoms with E-state index in [0.29, 0.717) is 6.54 Å². The fourth-order valence-electron chi connectivity index (χ4n) is 4.07. The number of nitrogens with one attached hydrogen (secondary N) is 1. The minimum Gasteiger partial charge on any atom is -0.350 e. The van der Waals surface area contributed by atoms with Crippen molar-refractivity contribution in [3.8, 4) is 0 Å². The zero-order valence-corrected chi connectivity index (χ0v) is 16.5. The van der Waals surface area contributed by atoms with Gasteiger partial charge in [-0.3, -0.25) is 14.4 Å². The molecule has 0 unspecified atom stereocenters. The number of hydrogen-bond donors (Lipinski definition) is 1. The second-order valence-corrected chi connectivity index (χ2v) is 8.19. The van der Waals surface area contributed by atoms with Crippen molar-refractivity contribution < 1.29 is 4.79 Å². The Labute approximate surface area is 161 Å². The van der Waals surface area contributed by atoms with Crippen LogP contribution >= 0.6 is 0 Å². The van der Waals surface area contributed by atoms with E-state index in [1.807, 2.05) is 0 Å². The van der Waals surface area contributed by atoms with Gasteiger partial charge in [-0.05, 0) is 50.3 Å². The maximum absolute atomic E-state index is 12.1. The molecule has 1 amide bonds. The van der Waals surface area contributed by atoms with Gasteiger partial charge in [-0.2, -0.15) is 5.10 Å². The molecule has 0 atom stereocenters. The summed E-state index contributed by atoms with van der Waals surface area (Å²) < 4.78 is 2.13. The third-order valence-corrected chi connectivity index (χ3v) is 5.96. The van der Waals surface area contributed by atoms with E-state index in [4.69, 9.17) is 5.10 Å². The third-order valence-electron chi connectivity index (χ3n) is 5.96. The van der Waals surface area contributed by atoms with Gasteiger partial charge in [0.25, 0.3) is 0 Å². The molecule has 1 N–H and O–H groups in total. The molecule has 1 aromatic carbocycles. The van der Waals surface area contributed by atoms with Crippen molar-refractivity contribution in [2.75, 3.05) is 6.54 Å². The van der Waals surface area contributed by atoms with Crippen molar-refractivity contribution in [1.29, 1.82) is 0 Å². The van der Waals surface area contributed by atoms with Gasteiger partial charge in [0.05, 0.1) is 17.9 Å². The Bertz CT molecular complexity index is 822. The lowest BCUT2D eigenvalue weighted by atomic mass is 9.85. The van der Waals surface area contributed by atoms with Crippen LogP contribution in [0.25, 0.3) is 0 Å². The molecule has 5 nitrogen and oxygen atoms in total. The first-order chi connectivity index (χ1) is 13.1. The molecule has 5 heteroatoms. The second kappa shape index (κ2) is 7.85. The molecule has 1 aliphatic carbocycles. The maximum Gasteiger partial charge on any atom is 0.223 e. The van der Waals surface area contributed by atoms with Gasteiger partial charge in [0.2, 0.25) is 5.91 Å². The molecule has 1 aromatic heterocycles. The van der Waals surface area contributed by atoms with Gasteiger partial charge < -0.3 is 5.32 Å². The summed E-state index contributed by atoms with van der Waals surface area (Å²) >= 11 is 0. The summed E-state index contributed by atoms with van der Waals surface area (Å²) in [7, 11) is 0. The highest BCUT2D eigenvalue weighted by Gasteiger charge is 2.25. The van der Waals surface area contributed by atoms with E-state index in [-0.39, 0.29) is 11.8 Å². The molecule has 4 rings (SSSR count). The molecule has 27 heavy (non-hydrogen) atoms. The lowest BCUT2D eigenvalue weighted by molar-refractivity contribution is -0.127. The van der Waals surface area contributed by atoms with Gasteiger partial charge in [-0.1, -0.05) is 30.2 Å². The van der Waals surface area contributed by atoms with Gasteiger partial charge in [-0.25, -0.2) is 0 Å². The smallest absolute Gasteiger partial charge is 0.223 e. The molecule has 0 bridgehead atoms. The third kappa shape index (κ3) is 4.24. The van der Waals surface area contributed by atoms with Crippen LogP contribution in [0.1, 0.15) is 53.8 Å². The SMILES string of the molecule is Cc1ccc(CN2CCCn3nc(CNC(=O)C4CCC4)cc3C2)c(C)c1. The summed E-state index contributed by atoms with van der Waals surface area (Å²) in [6, 6.07) is 8.89. The number of hydrogen-bond acceptors (Lipinski definition) is 3. The van der Waals surface area contributed by atoms with Crippen LogP contribution in [0.4, 0.5) is 0 Å². The predicted octanol–water partition coefficient (Wildman–Crippen LogP) is 3.32. The van der Waals surface area contributed by atoms with Gasteiger partial charge >= 0.3 is 0 Å². The quantitative estimate of drug-likeness (QED) is 0.883. The minimum absolute atomic E-state index is 0.195.